The fraction of sp³-hybridized carbons (Fsp3) is 0.278. The van der Waals surface area contributed by atoms with Gasteiger partial charge in [-0.3, -0.25) is 10.1 Å². The number of hydrogen-bond donors (Lipinski definition) is 3. The summed E-state index contributed by atoms with van der Waals surface area (Å²) >= 11 is 3.27. The number of carbonyl (C=O) groups is 1. The summed E-state index contributed by atoms with van der Waals surface area (Å²) in [6.45, 7) is -1.15. The molecule has 2 aliphatic heterocycles. The highest BCUT2D eigenvalue weighted by Crippen LogP contribution is 2.52. The van der Waals surface area contributed by atoms with Crippen molar-refractivity contribution in [1.82, 2.24) is 5.32 Å². The van der Waals surface area contributed by atoms with Gasteiger partial charge in [-0.05, 0) is 50.8 Å². The minimum absolute atomic E-state index is 0.0181. The van der Waals surface area contributed by atoms with Crippen molar-refractivity contribution >= 4 is 27.5 Å². The molecule has 2 aromatic carbocycles. The maximum atomic E-state index is 14.4. The summed E-state index contributed by atoms with van der Waals surface area (Å²) in [6.07, 6.45) is 0. The first kappa shape index (κ1) is 18.2. The predicted molar refractivity (Wildman–Crippen MR) is 93.4 cm³/mol. The molecule has 9 heteroatoms. The van der Waals surface area contributed by atoms with Gasteiger partial charge in [-0.2, -0.15) is 17.6 Å². The first-order valence-electron chi connectivity index (χ1n) is 8.04. The number of carbonyl (C=O) groups excluding carboxylic acids is 1. The molecule has 0 aromatic heterocycles. The van der Waals surface area contributed by atoms with Crippen molar-refractivity contribution < 1.29 is 27.5 Å². The van der Waals surface area contributed by atoms with Gasteiger partial charge in [0.05, 0.1) is 18.2 Å². The minimum atomic E-state index is -4.31. The lowest BCUT2D eigenvalue weighted by atomic mass is 9.85. The van der Waals surface area contributed by atoms with Crippen LogP contribution in [0.1, 0.15) is 28.7 Å². The van der Waals surface area contributed by atoms with E-state index in [1.807, 2.05) is 0 Å². The van der Waals surface area contributed by atoms with Crippen molar-refractivity contribution in [3.8, 4) is 5.75 Å². The third-order valence-electron chi connectivity index (χ3n) is 4.94. The molecule has 0 radical (unpaired) electrons. The second kappa shape index (κ2) is 5.93. The Hall–Kier alpha value is -2.13. The van der Waals surface area contributed by atoms with Gasteiger partial charge >= 0.3 is 11.8 Å². The van der Waals surface area contributed by atoms with Gasteiger partial charge in [-0.15, -0.1) is 0 Å². The minimum Gasteiger partial charge on any atom is -0.508 e. The number of phenolic OH excluding ortho intramolecular Hbond substituents is 1. The topological polar surface area (TPSA) is 61.4 Å². The zero-order chi connectivity index (χ0) is 19.6. The molecule has 4 nitrogen and oxygen atoms in total. The highest BCUT2D eigenvalue weighted by atomic mass is 79.9. The molecule has 2 aromatic rings. The molecule has 1 saturated heterocycles. The SMILES string of the molecule is O=C1Nc2c(Br)ccc(C3NCC(F)(F)C3(F)F)c2[C@H]1c1ccc(O)cc1. The zero-order valence-electron chi connectivity index (χ0n) is 13.6. The van der Waals surface area contributed by atoms with Crippen LogP contribution in [0.15, 0.2) is 40.9 Å². The first-order chi connectivity index (χ1) is 12.6. The van der Waals surface area contributed by atoms with Gasteiger partial charge in [-0.25, -0.2) is 0 Å². The second-order valence-corrected chi connectivity index (χ2v) is 7.43. The molecule has 142 valence electrons. The van der Waals surface area contributed by atoms with Crippen LogP contribution in [0.3, 0.4) is 0 Å². The standard InChI is InChI=1S/C18H13BrF4N2O2/c19-11-6-5-10(15-18(22,23)17(20,21)7-24-15)13-12(16(27)25-14(11)13)8-1-3-9(26)4-2-8/h1-6,12,15,24,26H,7H2,(H,25,27)/t12-,15?/m1/s1. The largest absolute Gasteiger partial charge is 0.508 e. The van der Waals surface area contributed by atoms with E-state index >= 15 is 0 Å². The summed E-state index contributed by atoms with van der Waals surface area (Å²) in [6, 6.07) is 6.57. The number of halogens is 5. The fourth-order valence-electron chi connectivity index (χ4n) is 3.60. The summed E-state index contributed by atoms with van der Waals surface area (Å²) < 4.78 is 56.6. The Kier molecular flexibility index (Phi) is 4.01. The molecule has 0 bridgehead atoms. The number of phenols is 1. The van der Waals surface area contributed by atoms with Crippen LogP contribution in [0.25, 0.3) is 0 Å². The normalized spacial score (nSPS) is 25.3. The summed E-state index contributed by atoms with van der Waals surface area (Å²) in [7, 11) is 0. The molecule has 0 spiro atoms. The smallest absolute Gasteiger partial charge is 0.330 e. The van der Waals surface area contributed by atoms with Gasteiger partial charge in [0.15, 0.2) is 0 Å². The Balaban J connectivity index is 1.89. The number of amides is 1. The Morgan fingerprint density at radius 3 is 2.33 bits per heavy atom. The van der Waals surface area contributed by atoms with Crippen LogP contribution in [0.4, 0.5) is 23.2 Å². The molecule has 1 amide bonds. The fourth-order valence-corrected chi connectivity index (χ4v) is 4.05. The van der Waals surface area contributed by atoms with Gasteiger partial charge in [0.2, 0.25) is 5.91 Å². The Labute approximate surface area is 159 Å². The van der Waals surface area contributed by atoms with Crippen molar-refractivity contribution in [2.24, 2.45) is 0 Å². The van der Waals surface area contributed by atoms with E-state index in [4.69, 9.17) is 0 Å². The molecule has 1 fully saturated rings. The van der Waals surface area contributed by atoms with E-state index in [0.29, 0.717) is 10.0 Å². The maximum Gasteiger partial charge on any atom is 0.330 e. The molecule has 0 aliphatic carbocycles. The molecule has 4 rings (SSSR count). The van der Waals surface area contributed by atoms with Gasteiger partial charge in [-0.1, -0.05) is 18.2 Å². The van der Waals surface area contributed by atoms with Crippen LogP contribution in [0.2, 0.25) is 0 Å². The quantitative estimate of drug-likeness (QED) is 0.609. The molecule has 2 aliphatic rings. The molecule has 0 saturated carbocycles. The van der Waals surface area contributed by atoms with E-state index in [1.54, 1.807) is 0 Å². The van der Waals surface area contributed by atoms with Gasteiger partial charge < -0.3 is 10.4 Å². The Morgan fingerprint density at radius 2 is 1.74 bits per heavy atom. The summed E-state index contributed by atoms with van der Waals surface area (Å²) in [5.41, 5.74) is 0.890. The van der Waals surface area contributed by atoms with Crippen molar-refractivity contribution in [2.75, 3.05) is 11.9 Å². The zero-order valence-corrected chi connectivity index (χ0v) is 15.2. The third kappa shape index (κ3) is 2.63. The van der Waals surface area contributed by atoms with E-state index in [1.165, 1.54) is 36.4 Å². The Morgan fingerprint density at radius 1 is 1.07 bits per heavy atom. The van der Waals surface area contributed by atoms with Crippen LogP contribution in [0.5, 0.6) is 5.75 Å². The van der Waals surface area contributed by atoms with E-state index in [9.17, 15) is 27.5 Å². The molecule has 2 atom stereocenters. The lowest BCUT2D eigenvalue weighted by Crippen LogP contribution is -2.40. The Bertz CT molecular complexity index is 934. The van der Waals surface area contributed by atoms with Gasteiger partial charge in [0.1, 0.15) is 11.8 Å². The maximum absolute atomic E-state index is 14.4. The molecular weight excluding hydrogens is 432 g/mol. The molecule has 1 unspecified atom stereocenters. The molecule has 27 heavy (non-hydrogen) atoms. The summed E-state index contributed by atoms with van der Waals surface area (Å²) in [4.78, 5) is 12.6. The van der Waals surface area contributed by atoms with E-state index < -0.39 is 36.3 Å². The number of fused-ring (bicyclic) bond motifs is 1. The third-order valence-corrected chi connectivity index (χ3v) is 5.60. The summed E-state index contributed by atoms with van der Waals surface area (Å²) in [5.74, 6) is -9.94. The van der Waals surface area contributed by atoms with Crippen molar-refractivity contribution in [1.29, 1.82) is 0 Å². The first-order valence-corrected chi connectivity index (χ1v) is 8.84. The predicted octanol–water partition coefficient (Wildman–Crippen LogP) is 4.15. The van der Waals surface area contributed by atoms with Gasteiger partial charge in [0, 0.05) is 4.47 Å². The van der Waals surface area contributed by atoms with Crippen molar-refractivity contribution in [3.05, 3.63) is 57.6 Å². The number of hydrogen-bond acceptors (Lipinski definition) is 3. The number of aromatic hydroxyl groups is 1. The highest BCUT2D eigenvalue weighted by Gasteiger charge is 2.66. The number of anilines is 1. The number of alkyl halides is 4. The van der Waals surface area contributed by atoms with Crippen LogP contribution >= 0.6 is 15.9 Å². The molecule has 2 heterocycles. The van der Waals surface area contributed by atoms with Crippen LogP contribution in [0, 0.1) is 0 Å². The highest BCUT2D eigenvalue weighted by molar-refractivity contribution is 9.10. The van der Waals surface area contributed by atoms with Crippen LogP contribution in [-0.4, -0.2) is 29.4 Å². The average Bonchev–Trinajstić information content (AvgIpc) is 3.05. The van der Waals surface area contributed by atoms with Gasteiger partial charge in [0.25, 0.3) is 0 Å². The second-order valence-electron chi connectivity index (χ2n) is 6.58. The van der Waals surface area contributed by atoms with E-state index in [-0.39, 0.29) is 22.6 Å². The average molecular weight is 445 g/mol. The summed E-state index contributed by atoms with van der Waals surface area (Å²) in [5, 5.41) is 14.3. The monoisotopic (exact) mass is 444 g/mol. The number of nitrogens with one attached hydrogen (secondary N) is 2. The van der Waals surface area contributed by atoms with E-state index in [2.05, 4.69) is 26.6 Å². The van der Waals surface area contributed by atoms with Crippen molar-refractivity contribution in [3.63, 3.8) is 0 Å². The molecular formula is C18H13BrF4N2O2. The van der Waals surface area contributed by atoms with E-state index in [0.717, 1.165) is 0 Å². The van der Waals surface area contributed by atoms with Crippen molar-refractivity contribution in [2.45, 2.75) is 23.8 Å². The van der Waals surface area contributed by atoms with Crippen LogP contribution < -0.4 is 10.6 Å². The molecule has 3 N–H and O–H groups in total. The number of benzene rings is 2. The number of rotatable bonds is 2. The lowest BCUT2D eigenvalue weighted by Gasteiger charge is -2.26. The lowest BCUT2D eigenvalue weighted by molar-refractivity contribution is -0.187. The van der Waals surface area contributed by atoms with Crippen LogP contribution in [-0.2, 0) is 4.79 Å².